The highest BCUT2D eigenvalue weighted by atomic mass is 16.5. The molecule has 18 heavy (non-hydrogen) atoms. The second-order valence-electron chi connectivity index (χ2n) is 6.00. The lowest BCUT2D eigenvalue weighted by Crippen LogP contribution is -2.26. The lowest BCUT2D eigenvalue weighted by Gasteiger charge is -2.33. The number of para-hydroxylation sites is 1. The van der Waals surface area contributed by atoms with Gasteiger partial charge in [-0.25, -0.2) is 0 Å². The number of hydrogen-bond donors (Lipinski definition) is 0. The van der Waals surface area contributed by atoms with E-state index in [4.69, 9.17) is 4.74 Å². The minimum absolute atomic E-state index is 0.175. The van der Waals surface area contributed by atoms with Crippen molar-refractivity contribution in [2.45, 2.75) is 39.5 Å². The Labute approximate surface area is 109 Å². The number of methoxy groups -OCH3 is 1. The number of carbonyl (C=O) groups is 1. The second-order valence-corrected chi connectivity index (χ2v) is 6.00. The fraction of sp³-hybridized carbons (Fsp3) is 0.562. The number of ketones is 1. The van der Waals surface area contributed by atoms with Crippen molar-refractivity contribution in [3.8, 4) is 5.75 Å². The lowest BCUT2D eigenvalue weighted by molar-refractivity contribution is 0.0835. The molecule has 0 spiro atoms. The third kappa shape index (κ3) is 2.74. The zero-order valence-electron chi connectivity index (χ0n) is 11.5. The van der Waals surface area contributed by atoms with E-state index in [-0.39, 0.29) is 11.7 Å². The maximum Gasteiger partial charge on any atom is 0.169 e. The van der Waals surface area contributed by atoms with Gasteiger partial charge in [-0.1, -0.05) is 26.0 Å². The van der Waals surface area contributed by atoms with Crippen molar-refractivity contribution in [2.75, 3.05) is 7.11 Å². The summed E-state index contributed by atoms with van der Waals surface area (Å²) < 4.78 is 5.28. The molecule has 1 fully saturated rings. The van der Waals surface area contributed by atoms with E-state index in [1.165, 1.54) is 0 Å². The van der Waals surface area contributed by atoms with Crippen molar-refractivity contribution in [2.24, 2.45) is 11.3 Å². The largest absolute Gasteiger partial charge is 0.496 e. The van der Waals surface area contributed by atoms with Crippen LogP contribution < -0.4 is 4.74 Å². The number of rotatable bonds is 3. The molecule has 0 heterocycles. The molecule has 1 aromatic carbocycles. The van der Waals surface area contributed by atoms with Crippen LogP contribution in [0.5, 0.6) is 5.75 Å². The average molecular weight is 246 g/mol. The summed E-state index contributed by atoms with van der Waals surface area (Å²) in [5.41, 5.74) is 1.14. The molecule has 1 aliphatic rings. The van der Waals surface area contributed by atoms with Crippen molar-refractivity contribution in [1.82, 2.24) is 0 Å². The predicted molar refractivity (Wildman–Crippen MR) is 73.1 cm³/mol. The summed E-state index contributed by atoms with van der Waals surface area (Å²) in [6, 6.07) is 7.54. The first-order chi connectivity index (χ1) is 8.53. The van der Waals surface area contributed by atoms with E-state index in [0.29, 0.717) is 11.2 Å². The molecule has 0 aliphatic heterocycles. The van der Waals surface area contributed by atoms with Crippen LogP contribution in [0.1, 0.15) is 49.9 Å². The highest BCUT2D eigenvalue weighted by Gasteiger charge is 2.31. The summed E-state index contributed by atoms with van der Waals surface area (Å²) in [7, 11) is 1.62. The van der Waals surface area contributed by atoms with Gasteiger partial charge in [-0.2, -0.15) is 0 Å². The summed E-state index contributed by atoms with van der Waals surface area (Å²) >= 11 is 0. The number of Topliss-reactive ketones (excluding diaryl/α,β-unsaturated/α-hetero) is 1. The fourth-order valence-corrected chi connectivity index (χ4v) is 2.73. The third-order valence-corrected chi connectivity index (χ3v) is 4.08. The van der Waals surface area contributed by atoms with Crippen molar-refractivity contribution >= 4 is 5.78 Å². The van der Waals surface area contributed by atoms with E-state index in [1.807, 2.05) is 24.3 Å². The quantitative estimate of drug-likeness (QED) is 0.751. The Bertz CT molecular complexity index is 424. The number of benzene rings is 1. The van der Waals surface area contributed by atoms with Gasteiger partial charge in [-0.3, -0.25) is 4.79 Å². The molecule has 2 rings (SSSR count). The predicted octanol–water partition coefficient (Wildman–Crippen LogP) is 4.09. The van der Waals surface area contributed by atoms with E-state index < -0.39 is 0 Å². The summed E-state index contributed by atoms with van der Waals surface area (Å²) in [5, 5.41) is 0. The van der Waals surface area contributed by atoms with E-state index in [9.17, 15) is 4.79 Å². The van der Waals surface area contributed by atoms with Gasteiger partial charge in [-0.05, 0) is 43.2 Å². The van der Waals surface area contributed by atoms with Gasteiger partial charge in [0.05, 0.1) is 12.7 Å². The van der Waals surface area contributed by atoms with Gasteiger partial charge in [0.25, 0.3) is 0 Å². The van der Waals surface area contributed by atoms with Gasteiger partial charge >= 0.3 is 0 Å². The Hall–Kier alpha value is -1.31. The van der Waals surface area contributed by atoms with Crippen LogP contribution in [0.4, 0.5) is 0 Å². The average Bonchev–Trinajstić information content (AvgIpc) is 2.38. The second kappa shape index (κ2) is 5.13. The molecule has 0 amide bonds. The van der Waals surface area contributed by atoms with Gasteiger partial charge in [0.2, 0.25) is 0 Å². The molecular weight excluding hydrogens is 224 g/mol. The summed E-state index contributed by atoms with van der Waals surface area (Å²) in [6.45, 7) is 4.58. The molecule has 1 saturated carbocycles. The maximum atomic E-state index is 12.5. The van der Waals surface area contributed by atoms with E-state index in [2.05, 4.69) is 13.8 Å². The molecule has 2 heteroatoms. The van der Waals surface area contributed by atoms with Crippen molar-refractivity contribution < 1.29 is 9.53 Å². The Morgan fingerprint density at radius 3 is 2.44 bits per heavy atom. The molecule has 0 unspecified atom stereocenters. The first-order valence-corrected chi connectivity index (χ1v) is 6.71. The molecule has 98 valence electrons. The van der Waals surface area contributed by atoms with Crippen LogP contribution in [0.25, 0.3) is 0 Å². The SMILES string of the molecule is COc1ccccc1C(=O)C1CCC(C)(C)CC1. The van der Waals surface area contributed by atoms with Crippen molar-refractivity contribution in [3.05, 3.63) is 29.8 Å². The number of ether oxygens (including phenoxy) is 1. The first-order valence-electron chi connectivity index (χ1n) is 6.71. The Kier molecular flexibility index (Phi) is 3.74. The minimum atomic E-state index is 0.175. The summed E-state index contributed by atoms with van der Waals surface area (Å²) in [6.07, 6.45) is 4.28. The van der Waals surface area contributed by atoms with Crippen molar-refractivity contribution in [3.63, 3.8) is 0 Å². The zero-order valence-corrected chi connectivity index (χ0v) is 11.5. The van der Waals surface area contributed by atoms with Crippen LogP contribution in [0.3, 0.4) is 0 Å². The zero-order chi connectivity index (χ0) is 13.2. The molecule has 2 nitrogen and oxygen atoms in total. The van der Waals surface area contributed by atoms with E-state index in [1.54, 1.807) is 7.11 Å². The van der Waals surface area contributed by atoms with Crippen LogP contribution >= 0.6 is 0 Å². The Morgan fingerprint density at radius 1 is 1.22 bits per heavy atom. The van der Waals surface area contributed by atoms with Gasteiger partial charge in [-0.15, -0.1) is 0 Å². The molecule has 0 atom stereocenters. The van der Waals surface area contributed by atoms with E-state index in [0.717, 1.165) is 31.2 Å². The molecular formula is C16H22O2. The van der Waals surface area contributed by atoms with Crippen LogP contribution in [-0.2, 0) is 0 Å². The van der Waals surface area contributed by atoms with Crippen LogP contribution in [-0.4, -0.2) is 12.9 Å². The minimum Gasteiger partial charge on any atom is -0.496 e. The fourth-order valence-electron chi connectivity index (χ4n) is 2.73. The monoisotopic (exact) mass is 246 g/mol. The van der Waals surface area contributed by atoms with Gasteiger partial charge in [0.1, 0.15) is 5.75 Å². The molecule has 1 aromatic rings. The van der Waals surface area contributed by atoms with Crippen LogP contribution in [0.15, 0.2) is 24.3 Å². The normalized spacial score (nSPS) is 19.5. The summed E-state index contributed by atoms with van der Waals surface area (Å²) in [5.74, 6) is 1.13. The summed E-state index contributed by atoms with van der Waals surface area (Å²) in [4.78, 5) is 12.5. The van der Waals surface area contributed by atoms with Crippen molar-refractivity contribution in [1.29, 1.82) is 0 Å². The highest BCUT2D eigenvalue weighted by molar-refractivity contribution is 6.00. The number of hydrogen-bond acceptors (Lipinski definition) is 2. The van der Waals surface area contributed by atoms with Gasteiger partial charge < -0.3 is 4.74 Å². The van der Waals surface area contributed by atoms with Crippen LogP contribution in [0, 0.1) is 11.3 Å². The molecule has 0 aromatic heterocycles. The van der Waals surface area contributed by atoms with Crippen LogP contribution in [0.2, 0.25) is 0 Å². The topological polar surface area (TPSA) is 26.3 Å². The molecule has 0 saturated heterocycles. The lowest BCUT2D eigenvalue weighted by atomic mass is 9.71. The Morgan fingerprint density at radius 2 is 1.83 bits per heavy atom. The molecule has 0 bridgehead atoms. The smallest absolute Gasteiger partial charge is 0.169 e. The third-order valence-electron chi connectivity index (χ3n) is 4.08. The standard InChI is InChI=1S/C16H22O2/c1-16(2)10-8-12(9-11-16)15(17)13-6-4-5-7-14(13)18-3/h4-7,12H,8-11H2,1-3H3. The maximum absolute atomic E-state index is 12.5. The van der Waals surface area contributed by atoms with E-state index >= 15 is 0 Å². The van der Waals surface area contributed by atoms with Gasteiger partial charge in [0.15, 0.2) is 5.78 Å². The Balaban J connectivity index is 2.13. The molecule has 0 N–H and O–H groups in total. The number of carbonyl (C=O) groups excluding carboxylic acids is 1. The molecule has 0 radical (unpaired) electrons. The first kappa shape index (κ1) is 13.1. The molecule has 1 aliphatic carbocycles. The highest BCUT2D eigenvalue weighted by Crippen LogP contribution is 2.39. The van der Waals surface area contributed by atoms with Gasteiger partial charge in [0, 0.05) is 5.92 Å².